The monoisotopic (exact) mass is 396 g/mol. The molecule has 4 rings (SSSR count). The summed E-state index contributed by atoms with van der Waals surface area (Å²) in [6, 6.07) is 21.4. The van der Waals surface area contributed by atoms with E-state index < -0.39 is 5.97 Å². The third kappa shape index (κ3) is 4.05. The molecular weight excluding hydrogens is 376 g/mol. The van der Waals surface area contributed by atoms with Gasteiger partial charge in [0.15, 0.2) is 0 Å². The van der Waals surface area contributed by atoms with Gasteiger partial charge in [0.25, 0.3) is 5.91 Å². The molecule has 0 saturated carbocycles. The molecule has 5 nitrogen and oxygen atoms in total. The fourth-order valence-corrected chi connectivity index (χ4v) is 3.37. The molecule has 1 N–H and O–H groups in total. The number of fused-ring (bicyclic) bond motifs is 1. The zero-order valence-corrected chi connectivity index (χ0v) is 16.7. The van der Waals surface area contributed by atoms with Gasteiger partial charge in [-0.25, -0.2) is 4.79 Å². The third-order valence-corrected chi connectivity index (χ3v) is 4.67. The highest BCUT2D eigenvalue weighted by Gasteiger charge is 2.15. The van der Waals surface area contributed by atoms with Crippen molar-refractivity contribution in [2.24, 2.45) is 0 Å². The molecule has 0 radical (unpaired) electrons. The van der Waals surface area contributed by atoms with E-state index in [1.54, 1.807) is 48.7 Å². The lowest BCUT2D eigenvalue weighted by Gasteiger charge is -2.12. The first kappa shape index (κ1) is 19.3. The molecule has 0 bridgehead atoms. The Morgan fingerprint density at radius 2 is 1.57 bits per heavy atom. The molecule has 0 atom stereocenters. The van der Waals surface area contributed by atoms with Crippen LogP contribution >= 0.6 is 0 Å². The number of carbonyl (C=O) groups is 2. The van der Waals surface area contributed by atoms with Crippen LogP contribution in [-0.4, -0.2) is 16.9 Å². The molecule has 0 fully saturated rings. The van der Waals surface area contributed by atoms with E-state index >= 15 is 0 Å². The number of hydrogen-bond donors (Lipinski definition) is 1. The van der Waals surface area contributed by atoms with Gasteiger partial charge in [0.05, 0.1) is 16.8 Å². The van der Waals surface area contributed by atoms with Gasteiger partial charge in [0, 0.05) is 17.1 Å². The van der Waals surface area contributed by atoms with Gasteiger partial charge in [-0.3, -0.25) is 9.78 Å². The fourth-order valence-electron chi connectivity index (χ4n) is 3.37. The first-order valence-corrected chi connectivity index (χ1v) is 9.56. The van der Waals surface area contributed by atoms with E-state index in [2.05, 4.69) is 10.3 Å². The van der Waals surface area contributed by atoms with E-state index in [1.807, 2.05) is 44.2 Å². The predicted octanol–water partition coefficient (Wildman–Crippen LogP) is 5.32. The Morgan fingerprint density at radius 1 is 0.833 bits per heavy atom. The number of anilines is 1. The Hall–Kier alpha value is -3.99. The first-order valence-electron chi connectivity index (χ1n) is 9.56. The van der Waals surface area contributed by atoms with E-state index in [1.165, 1.54) is 0 Å². The molecule has 3 aromatic carbocycles. The van der Waals surface area contributed by atoms with Crippen LogP contribution < -0.4 is 10.1 Å². The van der Waals surface area contributed by atoms with E-state index in [-0.39, 0.29) is 5.91 Å². The Labute approximate surface area is 174 Å². The Morgan fingerprint density at radius 3 is 2.30 bits per heavy atom. The Bertz CT molecular complexity index is 1230. The number of amides is 1. The highest BCUT2D eigenvalue weighted by molar-refractivity contribution is 6.09. The van der Waals surface area contributed by atoms with Gasteiger partial charge >= 0.3 is 5.97 Å². The molecule has 30 heavy (non-hydrogen) atoms. The van der Waals surface area contributed by atoms with Crippen LogP contribution in [0.3, 0.4) is 0 Å². The van der Waals surface area contributed by atoms with Crippen LogP contribution in [0.25, 0.3) is 10.9 Å². The smallest absolute Gasteiger partial charge is 0.343 e. The molecule has 1 amide bonds. The van der Waals surface area contributed by atoms with E-state index in [0.717, 1.165) is 11.1 Å². The number of nitrogens with one attached hydrogen (secondary N) is 1. The van der Waals surface area contributed by atoms with Crippen LogP contribution in [0.1, 0.15) is 31.8 Å². The molecule has 0 aliphatic heterocycles. The van der Waals surface area contributed by atoms with Crippen molar-refractivity contribution < 1.29 is 14.3 Å². The number of rotatable bonds is 4. The van der Waals surface area contributed by atoms with Crippen molar-refractivity contribution in [3.63, 3.8) is 0 Å². The van der Waals surface area contributed by atoms with E-state index in [4.69, 9.17) is 4.74 Å². The van der Waals surface area contributed by atoms with Crippen LogP contribution in [0.2, 0.25) is 0 Å². The minimum Gasteiger partial charge on any atom is -0.422 e. The SMILES string of the molecule is Cc1cc(C)cc(C(=O)Nc2ccc(OC(=O)c3ccccc3)c3cccnc23)c1. The largest absolute Gasteiger partial charge is 0.422 e. The molecule has 0 aliphatic rings. The molecule has 5 heteroatoms. The summed E-state index contributed by atoms with van der Waals surface area (Å²) in [6.07, 6.45) is 1.64. The number of ether oxygens (including phenoxy) is 1. The highest BCUT2D eigenvalue weighted by atomic mass is 16.5. The summed E-state index contributed by atoms with van der Waals surface area (Å²) in [5, 5.41) is 3.56. The minimum atomic E-state index is -0.451. The quantitative estimate of drug-likeness (QED) is 0.374. The summed E-state index contributed by atoms with van der Waals surface area (Å²) in [7, 11) is 0. The van der Waals surface area contributed by atoms with Crippen molar-refractivity contribution in [3.05, 3.63) is 101 Å². The highest BCUT2D eigenvalue weighted by Crippen LogP contribution is 2.31. The second-order valence-corrected chi connectivity index (χ2v) is 7.10. The van der Waals surface area contributed by atoms with Gasteiger partial charge < -0.3 is 10.1 Å². The zero-order chi connectivity index (χ0) is 21.1. The predicted molar refractivity (Wildman–Crippen MR) is 117 cm³/mol. The fraction of sp³-hybridized carbons (Fsp3) is 0.0800. The van der Waals surface area contributed by atoms with Gasteiger partial charge in [-0.2, -0.15) is 0 Å². The van der Waals surface area contributed by atoms with Crippen LogP contribution in [0.4, 0.5) is 5.69 Å². The van der Waals surface area contributed by atoms with Crippen LogP contribution in [0.5, 0.6) is 5.75 Å². The average Bonchev–Trinajstić information content (AvgIpc) is 2.75. The van der Waals surface area contributed by atoms with Gasteiger partial charge in [0.1, 0.15) is 5.75 Å². The lowest BCUT2D eigenvalue weighted by Crippen LogP contribution is -2.13. The summed E-state index contributed by atoms with van der Waals surface area (Å²) < 4.78 is 5.60. The topological polar surface area (TPSA) is 68.3 Å². The second kappa shape index (κ2) is 8.17. The summed E-state index contributed by atoms with van der Waals surface area (Å²) in [4.78, 5) is 29.6. The molecule has 0 spiro atoms. The average molecular weight is 396 g/mol. The number of esters is 1. The lowest BCUT2D eigenvalue weighted by atomic mass is 10.1. The number of nitrogens with zero attached hydrogens (tertiary/aromatic N) is 1. The van der Waals surface area contributed by atoms with Gasteiger partial charge in [-0.1, -0.05) is 35.4 Å². The molecule has 148 valence electrons. The Balaban J connectivity index is 1.65. The summed E-state index contributed by atoms with van der Waals surface area (Å²) in [6.45, 7) is 3.91. The van der Waals surface area contributed by atoms with Crippen molar-refractivity contribution in [3.8, 4) is 5.75 Å². The molecule has 0 aliphatic carbocycles. The van der Waals surface area contributed by atoms with Crippen molar-refractivity contribution >= 4 is 28.5 Å². The molecule has 0 unspecified atom stereocenters. The number of benzene rings is 3. The van der Waals surface area contributed by atoms with Crippen LogP contribution in [-0.2, 0) is 0 Å². The van der Waals surface area contributed by atoms with Gasteiger partial charge in [0.2, 0.25) is 0 Å². The van der Waals surface area contributed by atoms with Crippen molar-refractivity contribution in [1.82, 2.24) is 4.98 Å². The normalized spacial score (nSPS) is 10.6. The van der Waals surface area contributed by atoms with Gasteiger partial charge in [-0.15, -0.1) is 0 Å². The summed E-state index contributed by atoms with van der Waals surface area (Å²) >= 11 is 0. The molecule has 0 saturated heterocycles. The first-order chi connectivity index (χ1) is 14.5. The van der Waals surface area contributed by atoms with Crippen LogP contribution in [0.15, 0.2) is 79.0 Å². The number of aryl methyl sites for hydroxylation is 2. The maximum atomic E-state index is 12.8. The standard InChI is InChI=1S/C25H20N2O3/c1-16-13-17(2)15-19(14-16)24(28)27-21-10-11-22(20-9-6-12-26-23(20)21)30-25(29)18-7-4-3-5-8-18/h3-15H,1-2H3,(H,27,28). The van der Waals surface area contributed by atoms with Gasteiger partial charge in [-0.05, 0) is 62.4 Å². The van der Waals surface area contributed by atoms with E-state index in [9.17, 15) is 9.59 Å². The Kier molecular flexibility index (Phi) is 5.26. The van der Waals surface area contributed by atoms with Crippen molar-refractivity contribution in [2.75, 3.05) is 5.32 Å². The maximum Gasteiger partial charge on any atom is 0.343 e. The number of aromatic nitrogens is 1. The lowest BCUT2D eigenvalue weighted by molar-refractivity contribution is 0.0737. The molecular formula is C25H20N2O3. The number of pyridine rings is 1. The molecule has 4 aromatic rings. The maximum absolute atomic E-state index is 12.8. The minimum absolute atomic E-state index is 0.220. The van der Waals surface area contributed by atoms with Crippen molar-refractivity contribution in [1.29, 1.82) is 0 Å². The summed E-state index contributed by atoms with van der Waals surface area (Å²) in [5.41, 5.74) is 4.18. The number of carbonyl (C=O) groups excluding carboxylic acids is 2. The zero-order valence-electron chi connectivity index (χ0n) is 16.7. The van der Waals surface area contributed by atoms with Crippen molar-refractivity contribution in [2.45, 2.75) is 13.8 Å². The summed E-state index contributed by atoms with van der Waals surface area (Å²) in [5.74, 6) is -0.285. The molecule has 1 heterocycles. The van der Waals surface area contributed by atoms with Crippen LogP contribution in [0, 0.1) is 13.8 Å². The second-order valence-electron chi connectivity index (χ2n) is 7.10. The molecule has 1 aromatic heterocycles. The number of hydrogen-bond acceptors (Lipinski definition) is 4. The van der Waals surface area contributed by atoms with E-state index in [0.29, 0.717) is 33.5 Å². The third-order valence-electron chi connectivity index (χ3n) is 4.67.